The summed E-state index contributed by atoms with van der Waals surface area (Å²) >= 11 is 0. The number of aliphatic hydroxyl groups excluding tert-OH is 1. The summed E-state index contributed by atoms with van der Waals surface area (Å²) in [6.45, 7) is 3.79. The Morgan fingerprint density at radius 2 is 2.33 bits per heavy atom. The van der Waals surface area contributed by atoms with Crippen molar-refractivity contribution in [2.24, 2.45) is 5.73 Å². The van der Waals surface area contributed by atoms with Crippen molar-refractivity contribution < 1.29 is 5.11 Å². The van der Waals surface area contributed by atoms with E-state index in [2.05, 4.69) is 6.58 Å². The molecule has 0 atom stereocenters. The number of allylic oxidation sites excluding steroid dienone is 3. The second-order valence-electron chi connectivity index (χ2n) is 1.46. The van der Waals surface area contributed by atoms with Crippen molar-refractivity contribution in [3.05, 3.63) is 36.6 Å². The lowest BCUT2D eigenvalue weighted by atomic mass is 10.4. The minimum absolute atomic E-state index is 0.178. The van der Waals surface area contributed by atoms with E-state index in [0.29, 0.717) is 6.54 Å². The first kappa shape index (κ1) is 7.98. The number of aliphatic hydroxyl groups is 1. The van der Waals surface area contributed by atoms with Gasteiger partial charge in [-0.1, -0.05) is 18.7 Å². The number of hydrogen-bond acceptors (Lipinski definition) is 2. The first-order chi connectivity index (χ1) is 4.31. The van der Waals surface area contributed by atoms with Gasteiger partial charge in [0.25, 0.3) is 0 Å². The van der Waals surface area contributed by atoms with Crippen LogP contribution in [-0.4, -0.2) is 11.7 Å². The minimum Gasteiger partial charge on any atom is -0.508 e. The third-order valence-electron chi connectivity index (χ3n) is 0.730. The third kappa shape index (κ3) is 4.84. The largest absolute Gasteiger partial charge is 0.508 e. The lowest BCUT2D eigenvalue weighted by Gasteiger charge is -1.85. The maximum atomic E-state index is 8.83. The van der Waals surface area contributed by atoms with Crippen LogP contribution in [0.2, 0.25) is 0 Å². The Hall–Kier alpha value is -1.02. The van der Waals surface area contributed by atoms with Gasteiger partial charge in [-0.2, -0.15) is 0 Å². The van der Waals surface area contributed by atoms with E-state index in [-0.39, 0.29) is 5.76 Å². The Bertz CT molecular complexity index is 136. The van der Waals surface area contributed by atoms with Crippen molar-refractivity contribution >= 4 is 0 Å². The highest BCUT2D eigenvalue weighted by Crippen LogP contribution is 1.88. The molecular weight excluding hydrogens is 114 g/mol. The zero-order valence-electron chi connectivity index (χ0n) is 5.25. The monoisotopic (exact) mass is 125 g/mol. The van der Waals surface area contributed by atoms with Crippen LogP contribution in [0.4, 0.5) is 0 Å². The van der Waals surface area contributed by atoms with Gasteiger partial charge in [-0.15, -0.1) is 0 Å². The van der Waals surface area contributed by atoms with E-state index in [1.54, 1.807) is 12.2 Å². The van der Waals surface area contributed by atoms with E-state index in [1.165, 1.54) is 12.2 Å². The van der Waals surface area contributed by atoms with Crippen molar-refractivity contribution in [3.63, 3.8) is 0 Å². The lowest BCUT2D eigenvalue weighted by molar-refractivity contribution is 0.430. The molecule has 0 spiro atoms. The highest BCUT2D eigenvalue weighted by molar-refractivity contribution is 5.14. The summed E-state index contributed by atoms with van der Waals surface area (Å²) in [5.41, 5.74) is 5.11. The fourth-order valence-electron chi connectivity index (χ4n) is 0.355. The van der Waals surface area contributed by atoms with Crippen LogP contribution in [0.1, 0.15) is 0 Å². The van der Waals surface area contributed by atoms with Gasteiger partial charge in [0.1, 0.15) is 5.76 Å². The average Bonchev–Trinajstić information content (AvgIpc) is 1.85. The van der Waals surface area contributed by atoms with Gasteiger partial charge >= 0.3 is 0 Å². The molecule has 50 valence electrons. The maximum Gasteiger partial charge on any atom is 0.112 e. The normalized spacial score (nSPS) is 12.3. The predicted octanol–water partition coefficient (Wildman–Crippen LogP) is 1.13. The lowest BCUT2D eigenvalue weighted by Crippen LogP contribution is -1.94. The van der Waals surface area contributed by atoms with Crippen LogP contribution in [0.3, 0.4) is 0 Å². The maximum absolute atomic E-state index is 8.83. The molecule has 0 aliphatic rings. The molecule has 0 unspecified atom stereocenters. The van der Waals surface area contributed by atoms with Crippen LogP contribution in [0.25, 0.3) is 0 Å². The quantitative estimate of drug-likeness (QED) is 0.438. The molecule has 0 amide bonds. The fraction of sp³-hybridized carbons (Fsp3) is 0.143. The zero-order chi connectivity index (χ0) is 7.11. The van der Waals surface area contributed by atoms with Gasteiger partial charge in [0.15, 0.2) is 0 Å². The zero-order valence-corrected chi connectivity index (χ0v) is 5.25. The Labute approximate surface area is 55.0 Å². The van der Waals surface area contributed by atoms with E-state index >= 15 is 0 Å². The van der Waals surface area contributed by atoms with Gasteiger partial charge in [0, 0.05) is 6.54 Å². The fourth-order valence-corrected chi connectivity index (χ4v) is 0.355. The van der Waals surface area contributed by atoms with Crippen LogP contribution < -0.4 is 5.73 Å². The van der Waals surface area contributed by atoms with Gasteiger partial charge in [-0.05, 0) is 12.2 Å². The smallest absolute Gasteiger partial charge is 0.112 e. The van der Waals surface area contributed by atoms with Crippen molar-refractivity contribution in [2.45, 2.75) is 0 Å². The topological polar surface area (TPSA) is 46.2 Å². The molecular formula is C7H11NO. The highest BCUT2D eigenvalue weighted by Gasteiger charge is 1.77. The van der Waals surface area contributed by atoms with E-state index < -0.39 is 0 Å². The molecule has 0 aromatic rings. The Morgan fingerprint density at radius 3 is 2.78 bits per heavy atom. The van der Waals surface area contributed by atoms with Crippen LogP contribution in [0, 0.1) is 0 Å². The number of hydrogen-bond donors (Lipinski definition) is 2. The number of nitrogens with two attached hydrogens (primary N) is 1. The molecule has 2 heteroatoms. The molecule has 0 aliphatic carbocycles. The summed E-state index contributed by atoms with van der Waals surface area (Å²) in [5.74, 6) is 0.178. The minimum atomic E-state index is 0.178. The molecule has 3 N–H and O–H groups in total. The third-order valence-corrected chi connectivity index (χ3v) is 0.730. The summed E-state index contributed by atoms with van der Waals surface area (Å²) in [6.07, 6.45) is 6.27. The molecule has 0 saturated carbocycles. The molecule has 9 heavy (non-hydrogen) atoms. The van der Waals surface area contributed by atoms with Crippen molar-refractivity contribution in [1.82, 2.24) is 0 Å². The van der Waals surface area contributed by atoms with Crippen molar-refractivity contribution in [3.8, 4) is 0 Å². The van der Waals surface area contributed by atoms with Gasteiger partial charge < -0.3 is 10.8 Å². The Kier molecular flexibility index (Phi) is 4.54. The van der Waals surface area contributed by atoms with Crippen molar-refractivity contribution in [1.29, 1.82) is 0 Å². The highest BCUT2D eigenvalue weighted by atomic mass is 16.3. The second-order valence-corrected chi connectivity index (χ2v) is 1.46. The molecule has 0 bridgehead atoms. The summed E-state index contributed by atoms with van der Waals surface area (Å²) in [6, 6.07) is 0. The summed E-state index contributed by atoms with van der Waals surface area (Å²) < 4.78 is 0. The van der Waals surface area contributed by atoms with E-state index in [1.807, 2.05) is 0 Å². The van der Waals surface area contributed by atoms with Crippen LogP contribution in [0.5, 0.6) is 0 Å². The molecule has 0 fully saturated rings. The summed E-state index contributed by atoms with van der Waals surface area (Å²) in [7, 11) is 0. The molecule has 0 rings (SSSR count). The van der Waals surface area contributed by atoms with Gasteiger partial charge in [-0.3, -0.25) is 0 Å². The van der Waals surface area contributed by atoms with Crippen LogP contribution >= 0.6 is 0 Å². The second kappa shape index (κ2) is 5.12. The van der Waals surface area contributed by atoms with E-state index in [0.717, 1.165) is 0 Å². The van der Waals surface area contributed by atoms with Gasteiger partial charge in [0.2, 0.25) is 0 Å². The molecule has 0 aliphatic heterocycles. The molecule has 0 aromatic carbocycles. The molecule has 0 saturated heterocycles. The molecule has 2 nitrogen and oxygen atoms in total. The molecule has 0 aromatic heterocycles. The molecule has 0 radical (unpaired) electrons. The summed E-state index contributed by atoms with van der Waals surface area (Å²) in [4.78, 5) is 0. The number of rotatable bonds is 3. The van der Waals surface area contributed by atoms with Gasteiger partial charge in [0.05, 0.1) is 0 Å². The summed E-state index contributed by atoms with van der Waals surface area (Å²) in [5, 5.41) is 8.83. The molecule has 0 heterocycles. The Morgan fingerprint density at radius 1 is 1.67 bits per heavy atom. The van der Waals surface area contributed by atoms with Crippen LogP contribution in [0.15, 0.2) is 36.6 Å². The van der Waals surface area contributed by atoms with Crippen LogP contribution in [-0.2, 0) is 0 Å². The average molecular weight is 125 g/mol. The first-order valence-electron chi connectivity index (χ1n) is 2.69. The van der Waals surface area contributed by atoms with E-state index in [4.69, 9.17) is 10.8 Å². The first-order valence-corrected chi connectivity index (χ1v) is 2.69. The van der Waals surface area contributed by atoms with E-state index in [9.17, 15) is 0 Å². The SMILES string of the molecule is C=C/C=C\C(O)=C\CN. The van der Waals surface area contributed by atoms with Crippen molar-refractivity contribution in [2.75, 3.05) is 6.54 Å². The standard InChI is InChI=1S/C7H11NO/c1-2-3-4-7(9)5-6-8/h2-5,9H,1,6,8H2/b4-3-,7-5-. The van der Waals surface area contributed by atoms with Gasteiger partial charge in [-0.25, -0.2) is 0 Å². The predicted molar refractivity (Wildman–Crippen MR) is 39.1 cm³/mol. The Balaban J connectivity index is 3.74.